The Labute approximate surface area is 164 Å². The summed E-state index contributed by atoms with van der Waals surface area (Å²) in [6, 6.07) is 11.5. The van der Waals surface area contributed by atoms with Gasteiger partial charge in [0.05, 0.1) is 32.6 Å². The normalized spacial score (nSPS) is 13.9. The fourth-order valence-electron chi connectivity index (χ4n) is 2.78. The molecule has 0 unspecified atom stereocenters. The summed E-state index contributed by atoms with van der Waals surface area (Å²) < 4.78 is 10.6. The molecule has 3 rings (SSSR count). The van der Waals surface area contributed by atoms with Gasteiger partial charge >= 0.3 is 0 Å². The van der Waals surface area contributed by atoms with Crippen molar-refractivity contribution in [1.82, 2.24) is 10.2 Å². The number of anilines is 2. The van der Waals surface area contributed by atoms with E-state index in [1.807, 2.05) is 36.4 Å². The van der Waals surface area contributed by atoms with Gasteiger partial charge < -0.3 is 29.6 Å². The Morgan fingerprint density at radius 1 is 1.22 bits per heavy atom. The topological polar surface area (TPSA) is 70.0 Å². The highest BCUT2D eigenvalue weighted by molar-refractivity contribution is 7.80. The van der Waals surface area contributed by atoms with Crippen molar-refractivity contribution in [3.05, 3.63) is 48.4 Å². The lowest BCUT2D eigenvalue weighted by molar-refractivity contribution is -0.116. The molecular formula is C19H24N4O3S. The maximum atomic E-state index is 12.3. The molecule has 2 heterocycles. The van der Waals surface area contributed by atoms with E-state index in [1.165, 1.54) is 0 Å². The molecule has 27 heavy (non-hydrogen) atoms. The number of likely N-dealkylation sites (N-methyl/N-ethyl adjacent to an activating group) is 1. The van der Waals surface area contributed by atoms with E-state index >= 15 is 0 Å². The van der Waals surface area contributed by atoms with Crippen molar-refractivity contribution in [2.75, 3.05) is 50.1 Å². The van der Waals surface area contributed by atoms with Crippen LogP contribution in [0.2, 0.25) is 0 Å². The molecule has 1 aliphatic heterocycles. The van der Waals surface area contributed by atoms with Crippen molar-refractivity contribution in [1.29, 1.82) is 0 Å². The highest BCUT2D eigenvalue weighted by Crippen LogP contribution is 2.19. The molecule has 1 aromatic carbocycles. The maximum Gasteiger partial charge on any atom is 0.243 e. The first-order valence-corrected chi connectivity index (χ1v) is 9.26. The van der Waals surface area contributed by atoms with Crippen LogP contribution in [0.5, 0.6) is 0 Å². The smallest absolute Gasteiger partial charge is 0.243 e. The van der Waals surface area contributed by atoms with Crippen molar-refractivity contribution in [2.45, 2.75) is 6.54 Å². The van der Waals surface area contributed by atoms with E-state index in [9.17, 15) is 4.79 Å². The van der Waals surface area contributed by atoms with Crippen molar-refractivity contribution >= 4 is 34.6 Å². The number of carbonyl (C=O) groups is 1. The van der Waals surface area contributed by atoms with E-state index in [-0.39, 0.29) is 12.5 Å². The molecule has 0 atom stereocenters. The van der Waals surface area contributed by atoms with Gasteiger partial charge in [-0.15, -0.1) is 0 Å². The van der Waals surface area contributed by atoms with Crippen LogP contribution in [0.25, 0.3) is 0 Å². The number of benzene rings is 1. The highest BCUT2D eigenvalue weighted by Gasteiger charge is 2.13. The number of ether oxygens (including phenoxy) is 1. The van der Waals surface area contributed by atoms with Crippen LogP contribution in [-0.4, -0.2) is 55.8 Å². The second-order valence-corrected chi connectivity index (χ2v) is 6.68. The molecule has 0 spiro atoms. The molecule has 1 aromatic heterocycles. The van der Waals surface area contributed by atoms with Crippen molar-refractivity contribution < 1.29 is 13.9 Å². The van der Waals surface area contributed by atoms with Gasteiger partial charge in [-0.05, 0) is 48.6 Å². The van der Waals surface area contributed by atoms with E-state index in [0.717, 1.165) is 43.4 Å². The Hall–Kier alpha value is -2.58. The third kappa shape index (κ3) is 5.70. The quantitative estimate of drug-likeness (QED) is 0.734. The molecule has 0 radical (unpaired) electrons. The molecule has 0 saturated carbocycles. The van der Waals surface area contributed by atoms with E-state index in [2.05, 4.69) is 15.5 Å². The predicted molar refractivity (Wildman–Crippen MR) is 109 cm³/mol. The second-order valence-electron chi connectivity index (χ2n) is 6.29. The minimum atomic E-state index is -0.126. The number of morpholine rings is 1. The Morgan fingerprint density at radius 2 is 1.96 bits per heavy atom. The Kier molecular flexibility index (Phi) is 6.67. The van der Waals surface area contributed by atoms with E-state index in [0.29, 0.717) is 11.7 Å². The third-order valence-electron chi connectivity index (χ3n) is 4.25. The van der Waals surface area contributed by atoms with Crippen LogP contribution in [0, 0.1) is 0 Å². The van der Waals surface area contributed by atoms with Gasteiger partial charge in [-0.1, -0.05) is 0 Å². The Bertz CT molecular complexity index is 743. The van der Waals surface area contributed by atoms with Crippen LogP contribution < -0.4 is 15.5 Å². The lowest BCUT2D eigenvalue weighted by Crippen LogP contribution is -2.41. The van der Waals surface area contributed by atoms with Crippen LogP contribution in [0.15, 0.2) is 47.1 Å². The van der Waals surface area contributed by atoms with Gasteiger partial charge in [0, 0.05) is 31.5 Å². The van der Waals surface area contributed by atoms with Gasteiger partial charge in [-0.2, -0.15) is 0 Å². The molecule has 0 bridgehead atoms. The average molecular weight is 388 g/mol. The average Bonchev–Trinajstić information content (AvgIpc) is 3.21. The largest absolute Gasteiger partial charge is 0.467 e. The van der Waals surface area contributed by atoms with Crippen molar-refractivity contribution in [3.8, 4) is 0 Å². The molecule has 0 aliphatic carbocycles. The highest BCUT2D eigenvalue weighted by atomic mass is 32.1. The molecule has 1 saturated heterocycles. The van der Waals surface area contributed by atoms with Gasteiger partial charge in [-0.3, -0.25) is 4.79 Å². The fraction of sp³-hybridized carbons (Fsp3) is 0.368. The molecule has 144 valence electrons. The summed E-state index contributed by atoms with van der Waals surface area (Å²) in [6.07, 6.45) is 1.61. The van der Waals surface area contributed by atoms with Crippen molar-refractivity contribution in [2.24, 2.45) is 0 Å². The standard InChI is InChI=1S/C19H24N4O3S/c1-22(19(27)20-13-17-3-2-10-26-17)14-18(24)21-15-4-6-16(7-5-15)23-8-11-25-12-9-23/h2-7,10H,8-9,11-14H2,1H3,(H,20,27)(H,21,24). The van der Waals surface area contributed by atoms with Gasteiger partial charge in [0.2, 0.25) is 5.91 Å². The zero-order valence-electron chi connectivity index (χ0n) is 15.3. The molecule has 1 aliphatic rings. The minimum absolute atomic E-state index is 0.126. The maximum absolute atomic E-state index is 12.3. The number of carbonyl (C=O) groups excluding carboxylic acids is 1. The fourth-order valence-corrected chi connectivity index (χ4v) is 2.91. The number of amides is 1. The first kappa shape index (κ1) is 19.2. The van der Waals surface area contributed by atoms with E-state index in [1.54, 1.807) is 18.2 Å². The summed E-state index contributed by atoms with van der Waals surface area (Å²) in [7, 11) is 1.78. The zero-order valence-corrected chi connectivity index (χ0v) is 16.1. The number of nitrogens with zero attached hydrogens (tertiary/aromatic N) is 2. The minimum Gasteiger partial charge on any atom is -0.467 e. The summed E-state index contributed by atoms with van der Waals surface area (Å²) >= 11 is 5.30. The number of thiocarbonyl (C=S) groups is 1. The van der Waals surface area contributed by atoms with Gasteiger partial charge in [0.15, 0.2) is 5.11 Å². The van der Waals surface area contributed by atoms with Crippen LogP contribution >= 0.6 is 12.2 Å². The first-order valence-electron chi connectivity index (χ1n) is 8.86. The number of hydrogen-bond donors (Lipinski definition) is 2. The molecule has 2 aromatic rings. The molecule has 8 heteroatoms. The van der Waals surface area contributed by atoms with Crippen LogP contribution in [0.3, 0.4) is 0 Å². The molecule has 7 nitrogen and oxygen atoms in total. The predicted octanol–water partition coefficient (Wildman–Crippen LogP) is 2.06. The lowest BCUT2D eigenvalue weighted by Gasteiger charge is -2.29. The van der Waals surface area contributed by atoms with E-state index < -0.39 is 0 Å². The van der Waals surface area contributed by atoms with E-state index in [4.69, 9.17) is 21.4 Å². The lowest BCUT2D eigenvalue weighted by atomic mass is 10.2. The summed E-state index contributed by atoms with van der Waals surface area (Å²) in [5.41, 5.74) is 1.90. The third-order valence-corrected chi connectivity index (χ3v) is 4.70. The van der Waals surface area contributed by atoms with Crippen molar-refractivity contribution in [3.63, 3.8) is 0 Å². The zero-order chi connectivity index (χ0) is 19.1. The van der Waals surface area contributed by atoms with Crippen LogP contribution in [0.1, 0.15) is 5.76 Å². The second kappa shape index (κ2) is 9.38. The first-order chi connectivity index (χ1) is 13.1. The van der Waals surface area contributed by atoms with Gasteiger partial charge in [-0.25, -0.2) is 0 Å². The molecular weight excluding hydrogens is 364 g/mol. The number of furan rings is 1. The molecule has 2 N–H and O–H groups in total. The summed E-state index contributed by atoms with van der Waals surface area (Å²) in [4.78, 5) is 16.2. The Morgan fingerprint density at radius 3 is 2.63 bits per heavy atom. The molecule has 1 amide bonds. The number of rotatable bonds is 6. The summed E-state index contributed by atoms with van der Waals surface area (Å²) in [6.45, 7) is 3.92. The molecule has 1 fully saturated rings. The Balaban J connectivity index is 1.44. The SMILES string of the molecule is CN(CC(=O)Nc1ccc(N2CCOCC2)cc1)C(=S)NCc1ccco1. The number of nitrogens with one attached hydrogen (secondary N) is 2. The van der Waals surface area contributed by atoms with Gasteiger partial charge in [0.1, 0.15) is 5.76 Å². The number of hydrogen-bond acceptors (Lipinski definition) is 5. The van der Waals surface area contributed by atoms with Gasteiger partial charge in [0.25, 0.3) is 0 Å². The monoisotopic (exact) mass is 388 g/mol. The van der Waals surface area contributed by atoms with Crippen LogP contribution in [-0.2, 0) is 16.1 Å². The summed E-state index contributed by atoms with van der Waals surface area (Å²) in [5.74, 6) is 0.661. The summed E-state index contributed by atoms with van der Waals surface area (Å²) in [5, 5.41) is 6.45. The van der Waals surface area contributed by atoms with Crippen LogP contribution in [0.4, 0.5) is 11.4 Å².